The van der Waals surface area contributed by atoms with Crippen molar-refractivity contribution < 1.29 is 25.2 Å². The molecule has 0 saturated heterocycles. The fourth-order valence-corrected chi connectivity index (χ4v) is 7.58. The van der Waals surface area contributed by atoms with Crippen LogP contribution in [-0.4, -0.2) is 57.3 Å². The maximum atomic E-state index is 12.5. The van der Waals surface area contributed by atoms with Crippen molar-refractivity contribution >= 4 is 5.91 Å². The highest BCUT2D eigenvalue weighted by Gasteiger charge is 2.28. The summed E-state index contributed by atoms with van der Waals surface area (Å²) in [5.74, 6) is -0.578. The fraction of sp³-hybridized carbons (Fsp3) is 0.978. The molecule has 5 N–H and O–H groups in total. The second-order valence-electron chi connectivity index (χ2n) is 16.5. The van der Waals surface area contributed by atoms with Crippen LogP contribution in [0, 0.1) is 0 Å². The highest BCUT2D eigenvalue weighted by atomic mass is 16.3. The van der Waals surface area contributed by atoms with Crippen molar-refractivity contribution in [1.29, 1.82) is 0 Å². The van der Waals surface area contributed by atoms with Crippen molar-refractivity contribution in [3.63, 3.8) is 0 Å². The van der Waals surface area contributed by atoms with Crippen LogP contribution in [0.2, 0.25) is 0 Å². The molecule has 4 unspecified atom stereocenters. The van der Waals surface area contributed by atoms with E-state index >= 15 is 0 Å². The summed E-state index contributed by atoms with van der Waals surface area (Å²) >= 11 is 0. The Morgan fingerprint density at radius 1 is 0.404 bits per heavy atom. The Kier molecular flexibility index (Phi) is 40.9. The molecule has 0 rings (SSSR count). The van der Waals surface area contributed by atoms with Gasteiger partial charge < -0.3 is 25.7 Å². The fourth-order valence-electron chi connectivity index (χ4n) is 7.58. The third-order valence-electron chi connectivity index (χ3n) is 11.3. The van der Waals surface area contributed by atoms with E-state index < -0.39 is 36.9 Å². The van der Waals surface area contributed by atoms with Crippen molar-refractivity contribution in [1.82, 2.24) is 5.32 Å². The zero-order chi connectivity index (χ0) is 38.2. The van der Waals surface area contributed by atoms with E-state index in [0.717, 1.165) is 38.5 Å². The van der Waals surface area contributed by atoms with Gasteiger partial charge in [-0.1, -0.05) is 245 Å². The summed E-state index contributed by atoms with van der Waals surface area (Å²) in [4.78, 5) is 12.5. The zero-order valence-electron chi connectivity index (χ0n) is 35.1. The number of carbonyl (C=O) groups is 1. The SMILES string of the molecule is CCCCCCCCCCCCCCCCCCCCCCCC(O)C(=O)NC(CO)C(O)C(O)CCCCCCCCCCCCCCCCC. The first kappa shape index (κ1) is 51.3. The van der Waals surface area contributed by atoms with Crippen LogP contribution in [0.3, 0.4) is 0 Å². The maximum Gasteiger partial charge on any atom is 0.249 e. The molecular formula is C46H93NO5. The Labute approximate surface area is 324 Å². The molecule has 0 aromatic rings. The van der Waals surface area contributed by atoms with E-state index in [4.69, 9.17) is 0 Å². The number of hydrogen-bond donors (Lipinski definition) is 5. The molecule has 0 fully saturated rings. The van der Waals surface area contributed by atoms with Crippen LogP contribution < -0.4 is 5.32 Å². The average molecular weight is 740 g/mol. The average Bonchev–Trinajstić information content (AvgIpc) is 3.15. The molecule has 1 amide bonds. The lowest BCUT2D eigenvalue weighted by Crippen LogP contribution is -2.53. The first-order valence-electron chi connectivity index (χ1n) is 23.4. The topological polar surface area (TPSA) is 110 Å². The summed E-state index contributed by atoms with van der Waals surface area (Å²) in [6.07, 6.45) is 44.2. The van der Waals surface area contributed by atoms with E-state index in [9.17, 15) is 25.2 Å². The summed E-state index contributed by atoms with van der Waals surface area (Å²) in [6.45, 7) is 4.07. The molecule has 0 aromatic heterocycles. The molecule has 0 bridgehead atoms. The summed E-state index contributed by atoms with van der Waals surface area (Å²) < 4.78 is 0. The van der Waals surface area contributed by atoms with Gasteiger partial charge in [0.2, 0.25) is 5.91 Å². The van der Waals surface area contributed by atoms with Crippen LogP contribution >= 0.6 is 0 Å². The number of aliphatic hydroxyl groups excluding tert-OH is 4. The number of carbonyl (C=O) groups excluding carboxylic acids is 1. The van der Waals surface area contributed by atoms with Gasteiger partial charge in [0, 0.05) is 0 Å². The van der Waals surface area contributed by atoms with Gasteiger partial charge in [-0.2, -0.15) is 0 Å². The van der Waals surface area contributed by atoms with E-state index in [0.29, 0.717) is 12.8 Å². The quantitative estimate of drug-likeness (QED) is 0.0400. The Morgan fingerprint density at radius 3 is 0.923 bits per heavy atom. The van der Waals surface area contributed by atoms with Crippen LogP contribution in [-0.2, 0) is 4.79 Å². The number of hydrogen-bond acceptors (Lipinski definition) is 5. The zero-order valence-corrected chi connectivity index (χ0v) is 35.1. The Morgan fingerprint density at radius 2 is 0.654 bits per heavy atom. The minimum absolute atomic E-state index is 0.376. The van der Waals surface area contributed by atoms with Crippen LogP contribution in [0.1, 0.15) is 258 Å². The number of unbranched alkanes of at least 4 members (excludes halogenated alkanes) is 34. The third kappa shape index (κ3) is 35.0. The van der Waals surface area contributed by atoms with Crippen LogP contribution in [0.5, 0.6) is 0 Å². The first-order valence-corrected chi connectivity index (χ1v) is 23.4. The van der Waals surface area contributed by atoms with Crippen molar-refractivity contribution in [2.24, 2.45) is 0 Å². The van der Waals surface area contributed by atoms with Gasteiger partial charge in [-0.3, -0.25) is 4.79 Å². The lowest BCUT2D eigenvalue weighted by atomic mass is 9.99. The molecule has 0 aliphatic carbocycles. The van der Waals surface area contributed by atoms with Gasteiger partial charge in [-0.05, 0) is 12.8 Å². The predicted molar refractivity (Wildman–Crippen MR) is 224 cm³/mol. The van der Waals surface area contributed by atoms with Gasteiger partial charge in [0.05, 0.1) is 18.8 Å². The Bertz CT molecular complexity index is 706. The molecular weight excluding hydrogens is 647 g/mol. The monoisotopic (exact) mass is 740 g/mol. The van der Waals surface area contributed by atoms with Gasteiger partial charge in [-0.25, -0.2) is 0 Å². The van der Waals surface area contributed by atoms with Crippen molar-refractivity contribution in [2.75, 3.05) is 6.61 Å². The van der Waals surface area contributed by atoms with E-state index in [1.807, 2.05) is 0 Å². The normalized spacial score (nSPS) is 14.0. The molecule has 0 radical (unpaired) electrons. The van der Waals surface area contributed by atoms with Crippen molar-refractivity contribution in [3.05, 3.63) is 0 Å². The first-order chi connectivity index (χ1) is 25.5. The largest absolute Gasteiger partial charge is 0.394 e. The van der Waals surface area contributed by atoms with Crippen molar-refractivity contribution in [3.8, 4) is 0 Å². The molecule has 52 heavy (non-hydrogen) atoms. The molecule has 0 spiro atoms. The smallest absolute Gasteiger partial charge is 0.249 e. The van der Waals surface area contributed by atoms with E-state index in [-0.39, 0.29) is 0 Å². The van der Waals surface area contributed by atoms with E-state index in [1.165, 1.54) is 193 Å². The third-order valence-corrected chi connectivity index (χ3v) is 11.3. The minimum Gasteiger partial charge on any atom is -0.394 e. The highest BCUT2D eigenvalue weighted by molar-refractivity contribution is 5.80. The lowest BCUT2D eigenvalue weighted by Gasteiger charge is -2.27. The highest BCUT2D eigenvalue weighted by Crippen LogP contribution is 2.17. The predicted octanol–water partition coefficient (Wildman–Crippen LogP) is 12.4. The number of rotatable bonds is 43. The molecule has 0 aliphatic heterocycles. The van der Waals surface area contributed by atoms with Crippen molar-refractivity contribution in [2.45, 2.75) is 282 Å². The molecule has 0 aromatic carbocycles. The summed E-state index contributed by atoms with van der Waals surface area (Å²) in [5.41, 5.74) is 0. The summed E-state index contributed by atoms with van der Waals surface area (Å²) in [5, 5.41) is 43.8. The molecule has 312 valence electrons. The summed E-state index contributed by atoms with van der Waals surface area (Å²) in [6, 6.07) is -0.979. The maximum absolute atomic E-state index is 12.5. The Hall–Kier alpha value is -0.690. The minimum atomic E-state index is -1.25. The lowest BCUT2D eigenvalue weighted by molar-refractivity contribution is -0.132. The molecule has 0 aliphatic rings. The van der Waals surface area contributed by atoms with Gasteiger partial charge in [0.1, 0.15) is 12.2 Å². The van der Waals surface area contributed by atoms with Crippen LogP contribution in [0.15, 0.2) is 0 Å². The van der Waals surface area contributed by atoms with Gasteiger partial charge in [-0.15, -0.1) is 0 Å². The molecule has 6 heteroatoms. The van der Waals surface area contributed by atoms with Crippen LogP contribution in [0.4, 0.5) is 0 Å². The second-order valence-corrected chi connectivity index (χ2v) is 16.5. The standard InChI is InChI=1S/C46H93NO5/c1-3-5-7-9-11-13-15-17-19-20-21-22-23-24-26-28-30-32-34-36-38-40-44(50)46(52)47-42(41-48)45(51)43(49)39-37-35-33-31-29-27-25-18-16-14-12-10-8-6-4-2/h42-45,48-51H,3-41H2,1-2H3,(H,47,52). The van der Waals surface area contributed by atoms with Gasteiger partial charge >= 0.3 is 0 Å². The van der Waals surface area contributed by atoms with E-state index in [2.05, 4.69) is 19.2 Å². The molecule has 0 saturated carbocycles. The molecule has 4 atom stereocenters. The van der Waals surface area contributed by atoms with Crippen LogP contribution in [0.25, 0.3) is 0 Å². The summed E-state index contributed by atoms with van der Waals surface area (Å²) in [7, 11) is 0. The number of amides is 1. The number of aliphatic hydroxyl groups is 4. The second kappa shape index (κ2) is 41.5. The number of nitrogens with one attached hydrogen (secondary N) is 1. The molecule has 6 nitrogen and oxygen atoms in total. The molecule has 0 heterocycles. The van der Waals surface area contributed by atoms with Gasteiger partial charge in [0.15, 0.2) is 0 Å². The van der Waals surface area contributed by atoms with E-state index in [1.54, 1.807) is 0 Å². The Balaban J connectivity index is 3.66. The van der Waals surface area contributed by atoms with Gasteiger partial charge in [0.25, 0.3) is 0 Å².